The van der Waals surface area contributed by atoms with Gasteiger partial charge in [-0.2, -0.15) is 0 Å². The van der Waals surface area contributed by atoms with Crippen molar-refractivity contribution in [1.82, 2.24) is 0 Å². The van der Waals surface area contributed by atoms with Crippen molar-refractivity contribution in [1.29, 1.82) is 0 Å². The average molecular weight is 339 g/mol. The summed E-state index contributed by atoms with van der Waals surface area (Å²) in [6.07, 6.45) is 4.32. The maximum absolute atomic E-state index is 12.1. The Hall–Kier alpha value is -2.33. The van der Waals surface area contributed by atoms with Crippen LogP contribution in [0.15, 0.2) is 42.5 Å². The molecule has 4 nitrogen and oxygen atoms in total. The van der Waals surface area contributed by atoms with Gasteiger partial charge in [-0.3, -0.25) is 4.79 Å². The Morgan fingerprint density at radius 1 is 1.24 bits per heavy atom. The first kappa shape index (κ1) is 17.5. The van der Waals surface area contributed by atoms with E-state index in [0.717, 1.165) is 48.9 Å². The molecule has 1 amide bonds. The van der Waals surface area contributed by atoms with Gasteiger partial charge < -0.3 is 15.2 Å². The lowest BCUT2D eigenvalue weighted by atomic mass is 9.89. The molecule has 0 heterocycles. The van der Waals surface area contributed by atoms with Gasteiger partial charge in [0.2, 0.25) is 0 Å². The highest BCUT2D eigenvalue weighted by Gasteiger charge is 2.21. The summed E-state index contributed by atoms with van der Waals surface area (Å²) in [6.45, 7) is 2.11. The van der Waals surface area contributed by atoms with Gasteiger partial charge in [0.1, 0.15) is 5.75 Å². The second kappa shape index (κ2) is 8.17. The molecule has 0 saturated heterocycles. The SMILES string of the molecule is CCCc1ccc(NC(=O)COc2cccc3c2CCCC3O)cc1. The third-order valence-electron chi connectivity index (χ3n) is 4.57. The maximum Gasteiger partial charge on any atom is 0.262 e. The number of aryl methyl sites for hydroxylation is 1. The van der Waals surface area contributed by atoms with Crippen LogP contribution in [0.4, 0.5) is 5.69 Å². The smallest absolute Gasteiger partial charge is 0.262 e. The Labute approximate surface area is 148 Å². The van der Waals surface area contributed by atoms with E-state index in [1.165, 1.54) is 5.56 Å². The van der Waals surface area contributed by atoms with E-state index in [0.29, 0.717) is 5.75 Å². The van der Waals surface area contributed by atoms with Gasteiger partial charge in [-0.1, -0.05) is 37.6 Å². The monoisotopic (exact) mass is 339 g/mol. The predicted octanol–water partition coefficient (Wildman–Crippen LogP) is 4.03. The summed E-state index contributed by atoms with van der Waals surface area (Å²) >= 11 is 0. The van der Waals surface area contributed by atoms with Crippen LogP contribution < -0.4 is 10.1 Å². The molecule has 0 aromatic heterocycles. The molecule has 0 spiro atoms. The summed E-state index contributed by atoms with van der Waals surface area (Å²) in [6, 6.07) is 13.6. The molecule has 1 aliphatic carbocycles. The fourth-order valence-electron chi connectivity index (χ4n) is 3.31. The van der Waals surface area contributed by atoms with Gasteiger partial charge >= 0.3 is 0 Å². The van der Waals surface area contributed by atoms with Crippen molar-refractivity contribution in [3.63, 3.8) is 0 Å². The highest BCUT2D eigenvalue weighted by molar-refractivity contribution is 5.91. The number of aliphatic hydroxyl groups is 1. The number of anilines is 1. The summed E-state index contributed by atoms with van der Waals surface area (Å²) in [5.41, 5.74) is 4.00. The summed E-state index contributed by atoms with van der Waals surface area (Å²) in [7, 11) is 0. The van der Waals surface area contributed by atoms with Gasteiger partial charge in [0.15, 0.2) is 6.61 Å². The number of rotatable bonds is 6. The molecule has 1 aliphatic rings. The van der Waals surface area contributed by atoms with Crippen LogP contribution in [0.3, 0.4) is 0 Å². The number of hydrogen-bond acceptors (Lipinski definition) is 3. The van der Waals surface area contributed by atoms with Crippen molar-refractivity contribution >= 4 is 11.6 Å². The van der Waals surface area contributed by atoms with Crippen molar-refractivity contribution < 1.29 is 14.6 Å². The molecule has 2 aromatic carbocycles. The largest absolute Gasteiger partial charge is 0.483 e. The summed E-state index contributed by atoms with van der Waals surface area (Å²) in [4.78, 5) is 12.1. The fourth-order valence-corrected chi connectivity index (χ4v) is 3.31. The minimum atomic E-state index is -0.428. The zero-order valence-electron chi connectivity index (χ0n) is 14.6. The molecule has 3 rings (SSSR count). The predicted molar refractivity (Wildman–Crippen MR) is 98.9 cm³/mol. The molecular weight excluding hydrogens is 314 g/mol. The number of nitrogens with one attached hydrogen (secondary N) is 1. The van der Waals surface area contributed by atoms with Crippen LogP contribution in [0.5, 0.6) is 5.75 Å². The number of ether oxygens (including phenoxy) is 1. The van der Waals surface area contributed by atoms with Crippen molar-refractivity contribution in [3.8, 4) is 5.75 Å². The molecule has 132 valence electrons. The Morgan fingerprint density at radius 2 is 2.04 bits per heavy atom. The summed E-state index contributed by atoms with van der Waals surface area (Å²) in [5.74, 6) is 0.516. The van der Waals surface area contributed by atoms with Crippen LogP contribution in [0.25, 0.3) is 0 Å². The summed E-state index contributed by atoms with van der Waals surface area (Å²) in [5, 5.41) is 12.9. The molecule has 4 heteroatoms. The van der Waals surface area contributed by atoms with E-state index in [9.17, 15) is 9.90 Å². The molecule has 25 heavy (non-hydrogen) atoms. The molecular formula is C21H25NO3. The van der Waals surface area contributed by atoms with E-state index in [1.54, 1.807) is 0 Å². The quantitative estimate of drug-likeness (QED) is 0.835. The number of carbonyl (C=O) groups excluding carboxylic acids is 1. The summed E-state index contributed by atoms with van der Waals surface area (Å²) < 4.78 is 5.73. The zero-order valence-corrected chi connectivity index (χ0v) is 14.6. The van der Waals surface area contributed by atoms with Crippen molar-refractivity contribution in [2.45, 2.75) is 45.1 Å². The Kier molecular flexibility index (Phi) is 5.71. The lowest BCUT2D eigenvalue weighted by Crippen LogP contribution is -2.21. The first-order valence-corrected chi connectivity index (χ1v) is 8.99. The lowest BCUT2D eigenvalue weighted by Gasteiger charge is -2.23. The van der Waals surface area contributed by atoms with E-state index in [-0.39, 0.29) is 12.5 Å². The number of aliphatic hydroxyl groups excluding tert-OH is 1. The molecule has 0 radical (unpaired) electrons. The third-order valence-corrected chi connectivity index (χ3v) is 4.57. The Bertz CT molecular complexity index is 724. The number of fused-ring (bicyclic) bond motifs is 1. The van der Waals surface area contributed by atoms with E-state index >= 15 is 0 Å². The van der Waals surface area contributed by atoms with Crippen LogP contribution >= 0.6 is 0 Å². The van der Waals surface area contributed by atoms with Gasteiger partial charge in [-0.05, 0) is 60.6 Å². The van der Waals surface area contributed by atoms with Crippen LogP contribution in [-0.4, -0.2) is 17.6 Å². The van der Waals surface area contributed by atoms with E-state index in [1.807, 2.05) is 42.5 Å². The molecule has 2 aromatic rings. The van der Waals surface area contributed by atoms with Crippen LogP contribution in [0.1, 0.15) is 49.0 Å². The number of amides is 1. The van der Waals surface area contributed by atoms with Gasteiger partial charge in [0, 0.05) is 5.69 Å². The van der Waals surface area contributed by atoms with Gasteiger partial charge in [-0.25, -0.2) is 0 Å². The minimum absolute atomic E-state index is 0.0384. The second-order valence-electron chi connectivity index (χ2n) is 6.52. The van der Waals surface area contributed by atoms with E-state index < -0.39 is 6.10 Å². The van der Waals surface area contributed by atoms with E-state index in [2.05, 4.69) is 12.2 Å². The Balaban J connectivity index is 1.58. The number of carbonyl (C=O) groups is 1. The zero-order chi connectivity index (χ0) is 17.6. The first-order chi connectivity index (χ1) is 12.2. The molecule has 1 atom stereocenters. The average Bonchev–Trinajstić information content (AvgIpc) is 2.62. The standard InChI is InChI=1S/C21H25NO3/c1-2-5-15-10-12-16(13-11-15)22-21(24)14-25-20-9-4-6-17-18(20)7-3-8-19(17)23/h4,6,9-13,19,23H,2-3,5,7-8,14H2,1H3,(H,22,24). The molecule has 0 aliphatic heterocycles. The van der Waals surface area contributed by atoms with Crippen LogP contribution in [0.2, 0.25) is 0 Å². The van der Waals surface area contributed by atoms with Crippen LogP contribution in [-0.2, 0) is 17.6 Å². The van der Waals surface area contributed by atoms with E-state index in [4.69, 9.17) is 4.74 Å². The van der Waals surface area contributed by atoms with Gasteiger partial charge in [-0.15, -0.1) is 0 Å². The van der Waals surface area contributed by atoms with Crippen LogP contribution in [0, 0.1) is 0 Å². The maximum atomic E-state index is 12.1. The highest BCUT2D eigenvalue weighted by Crippen LogP contribution is 2.35. The molecule has 0 saturated carbocycles. The normalized spacial score (nSPS) is 16.2. The molecule has 1 unspecified atom stereocenters. The number of hydrogen-bond donors (Lipinski definition) is 2. The van der Waals surface area contributed by atoms with Gasteiger partial charge in [0.05, 0.1) is 6.10 Å². The highest BCUT2D eigenvalue weighted by atomic mass is 16.5. The van der Waals surface area contributed by atoms with Crippen molar-refractivity contribution in [2.75, 3.05) is 11.9 Å². The molecule has 0 fully saturated rings. The molecule has 2 N–H and O–H groups in total. The number of benzene rings is 2. The fraction of sp³-hybridized carbons (Fsp3) is 0.381. The second-order valence-corrected chi connectivity index (χ2v) is 6.52. The van der Waals surface area contributed by atoms with Crippen molar-refractivity contribution in [2.24, 2.45) is 0 Å². The lowest BCUT2D eigenvalue weighted by molar-refractivity contribution is -0.118. The van der Waals surface area contributed by atoms with Gasteiger partial charge in [0.25, 0.3) is 5.91 Å². The third kappa shape index (κ3) is 4.40. The Morgan fingerprint density at radius 3 is 2.80 bits per heavy atom. The topological polar surface area (TPSA) is 58.6 Å². The minimum Gasteiger partial charge on any atom is -0.483 e. The first-order valence-electron chi connectivity index (χ1n) is 8.99. The van der Waals surface area contributed by atoms with Crippen molar-refractivity contribution in [3.05, 3.63) is 59.2 Å². The molecule has 0 bridgehead atoms.